The van der Waals surface area contributed by atoms with Gasteiger partial charge in [-0.3, -0.25) is 0 Å². The van der Waals surface area contributed by atoms with Gasteiger partial charge in [-0.1, -0.05) is 80.4 Å². The van der Waals surface area contributed by atoms with E-state index < -0.39 is 0 Å². The van der Waals surface area contributed by atoms with Crippen molar-refractivity contribution in [1.29, 1.82) is 0 Å². The van der Waals surface area contributed by atoms with Crippen LogP contribution in [0, 0.1) is 0 Å². The first-order chi connectivity index (χ1) is 8.81. The summed E-state index contributed by atoms with van der Waals surface area (Å²) < 4.78 is 0. The molecular weight excluding hydrogens is 352 g/mol. The molecule has 18 heavy (non-hydrogen) atoms. The van der Waals surface area contributed by atoms with Gasteiger partial charge in [-0.25, -0.2) is 0 Å². The summed E-state index contributed by atoms with van der Waals surface area (Å²) in [5.41, 5.74) is 2.64. The minimum Gasteiger partial charge on any atom is -0.0876 e. The number of hydrogen-bond acceptors (Lipinski definition) is 0. The van der Waals surface area contributed by atoms with Gasteiger partial charge in [-0.2, -0.15) is 0 Å². The van der Waals surface area contributed by atoms with E-state index in [2.05, 4.69) is 80.4 Å². The van der Waals surface area contributed by atoms with E-state index in [4.69, 9.17) is 0 Å². The third-order valence-corrected chi connectivity index (χ3v) is 4.57. The van der Waals surface area contributed by atoms with Gasteiger partial charge in [-0.15, -0.1) is 0 Å². The van der Waals surface area contributed by atoms with Gasteiger partial charge in [-0.05, 0) is 32.7 Å². The molecule has 0 nitrogen and oxygen atoms in total. The molecule has 2 heteroatoms. The van der Waals surface area contributed by atoms with Crippen molar-refractivity contribution < 1.29 is 0 Å². The first-order valence-corrected chi connectivity index (χ1v) is 8.12. The van der Waals surface area contributed by atoms with Gasteiger partial charge in [0.15, 0.2) is 0 Å². The lowest BCUT2D eigenvalue weighted by Gasteiger charge is -2.06. The van der Waals surface area contributed by atoms with Crippen LogP contribution in [0.1, 0.15) is 11.1 Å². The highest BCUT2D eigenvalue weighted by Gasteiger charge is 2.02. The Morgan fingerprint density at radius 2 is 1.06 bits per heavy atom. The van der Waals surface area contributed by atoms with Crippen LogP contribution >= 0.6 is 31.9 Å². The molecule has 0 spiro atoms. The summed E-state index contributed by atoms with van der Waals surface area (Å²) in [7, 11) is 0. The van der Waals surface area contributed by atoms with Gasteiger partial charge in [0, 0.05) is 10.7 Å². The van der Waals surface area contributed by atoms with E-state index in [0.29, 0.717) is 0 Å². The Bertz CT molecular complexity index is 654. The summed E-state index contributed by atoms with van der Waals surface area (Å²) in [5, 5.41) is 7.10. The van der Waals surface area contributed by atoms with Crippen molar-refractivity contribution >= 4 is 53.4 Å². The van der Waals surface area contributed by atoms with E-state index in [1.807, 2.05) is 0 Å². The summed E-state index contributed by atoms with van der Waals surface area (Å²) in [6, 6.07) is 17.8. The number of rotatable bonds is 2. The maximum Gasteiger partial charge on any atom is 0.0283 e. The summed E-state index contributed by atoms with van der Waals surface area (Å²) in [4.78, 5) is 0. The molecule has 0 aliphatic rings. The average Bonchev–Trinajstić information content (AvgIpc) is 2.45. The Kier molecular flexibility index (Phi) is 3.40. The normalized spacial score (nSPS) is 11.2. The van der Waals surface area contributed by atoms with E-state index >= 15 is 0 Å². The molecule has 0 saturated heterocycles. The second-order valence-corrected chi connectivity index (χ2v) is 5.57. The molecule has 0 aliphatic heterocycles. The first-order valence-electron chi connectivity index (χ1n) is 5.88. The molecule has 0 atom stereocenters. The molecule has 0 saturated carbocycles. The SMILES string of the molecule is BrCc1ccc2c(ccc3cc(CBr)ccc32)c1. The Balaban J connectivity index is 2.32. The maximum absolute atomic E-state index is 3.51. The predicted octanol–water partition coefficient (Wildman–Crippen LogP) is 5.78. The Hall–Kier alpha value is -0.860. The molecule has 0 aromatic heterocycles. The molecule has 0 bridgehead atoms. The van der Waals surface area contributed by atoms with Crippen molar-refractivity contribution in [3.05, 3.63) is 59.7 Å². The lowest BCUT2D eigenvalue weighted by molar-refractivity contribution is 1.46. The van der Waals surface area contributed by atoms with Crippen LogP contribution in [0.25, 0.3) is 21.5 Å². The van der Waals surface area contributed by atoms with Gasteiger partial charge in [0.05, 0.1) is 0 Å². The first kappa shape index (κ1) is 12.2. The van der Waals surface area contributed by atoms with E-state index in [1.54, 1.807) is 0 Å². The zero-order valence-electron chi connectivity index (χ0n) is 9.79. The molecular formula is C16H12Br2. The van der Waals surface area contributed by atoms with Gasteiger partial charge in [0.25, 0.3) is 0 Å². The van der Waals surface area contributed by atoms with Crippen molar-refractivity contribution in [1.82, 2.24) is 0 Å². The monoisotopic (exact) mass is 362 g/mol. The van der Waals surface area contributed by atoms with Gasteiger partial charge >= 0.3 is 0 Å². The number of halogens is 2. The molecule has 0 radical (unpaired) electrons. The smallest absolute Gasteiger partial charge is 0.0283 e. The molecule has 3 rings (SSSR count). The van der Waals surface area contributed by atoms with Gasteiger partial charge in [0.2, 0.25) is 0 Å². The minimum absolute atomic E-state index is 0.906. The average molecular weight is 364 g/mol. The summed E-state index contributed by atoms with van der Waals surface area (Å²) in [6.07, 6.45) is 0. The Morgan fingerprint density at radius 1 is 0.611 bits per heavy atom. The Morgan fingerprint density at radius 3 is 1.44 bits per heavy atom. The van der Waals surface area contributed by atoms with Crippen LogP contribution in [-0.4, -0.2) is 0 Å². The lowest BCUT2D eigenvalue weighted by Crippen LogP contribution is -1.83. The quantitative estimate of drug-likeness (QED) is 0.399. The van der Waals surface area contributed by atoms with E-state index in [1.165, 1.54) is 32.7 Å². The third-order valence-electron chi connectivity index (χ3n) is 3.27. The molecule has 0 unspecified atom stereocenters. The molecule has 0 fully saturated rings. The fourth-order valence-electron chi connectivity index (χ4n) is 2.34. The van der Waals surface area contributed by atoms with Crippen molar-refractivity contribution in [3.8, 4) is 0 Å². The molecule has 90 valence electrons. The van der Waals surface area contributed by atoms with Crippen LogP contribution in [0.2, 0.25) is 0 Å². The van der Waals surface area contributed by atoms with Crippen molar-refractivity contribution in [3.63, 3.8) is 0 Å². The fourth-order valence-corrected chi connectivity index (χ4v) is 3.03. The van der Waals surface area contributed by atoms with E-state index in [-0.39, 0.29) is 0 Å². The van der Waals surface area contributed by atoms with Crippen LogP contribution in [0.5, 0.6) is 0 Å². The molecule has 0 N–H and O–H groups in total. The van der Waals surface area contributed by atoms with Gasteiger partial charge in [0.1, 0.15) is 0 Å². The predicted molar refractivity (Wildman–Crippen MR) is 86.7 cm³/mol. The van der Waals surface area contributed by atoms with Crippen molar-refractivity contribution in [2.24, 2.45) is 0 Å². The number of fused-ring (bicyclic) bond motifs is 3. The van der Waals surface area contributed by atoms with Crippen molar-refractivity contribution in [2.45, 2.75) is 10.7 Å². The van der Waals surface area contributed by atoms with Gasteiger partial charge < -0.3 is 0 Å². The zero-order chi connectivity index (χ0) is 12.5. The van der Waals surface area contributed by atoms with Crippen molar-refractivity contribution in [2.75, 3.05) is 0 Å². The largest absolute Gasteiger partial charge is 0.0876 e. The zero-order valence-corrected chi connectivity index (χ0v) is 13.0. The van der Waals surface area contributed by atoms with Crippen LogP contribution in [0.15, 0.2) is 48.5 Å². The standard InChI is InChI=1S/C16H12Br2/c17-9-11-1-5-15-13(7-11)3-4-14-8-12(10-18)2-6-16(14)15/h1-8H,9-10H2. The Labute approximate surface area is 123 Å². The second kappa shape index (κ2) is 5.02. The highest BCUT2D eigenvalue weighted by Crippen LogP contribution is 2.28. The fraction of sp³-hybridized carbons (Fsp3) is 0.125. The van der Waals surface area contributed by atoms with Crippen LogP contribution in [-0.2, 0) is 10.7 Å². The van der Waals surface area contributed by atoms with Crippen LogP contribution in [0.3, 0.4) is 0 Å². The highest BCUT2D eigenvalue weighted by atomic mass is 79.9. The number of alkyl halides is 2. The topological polar surface area (TPSA) is 0 Å². The van der Waals surface area contributed by atoms with E-state index in [0.717, 1.165) is 10.7 Å². The van der Waals surface area contributed by atoms with Crippen LogP contribution in [0.4, 0.5) is 0 Å². The molecule has 3 aromatic rings. The maximum atomic E-state index is 3.51. The number of benzene rings is 3. The summed E-state index contributed by atoms with van der Waals surface area (Å²) in [5.74, 6) is 0. The molecule has 0 aliphatic carbocycles. The van der Waals surface area contributed by atoms with Crippen LogP contribution < -0.4 is 0 Å². The molecule has 0 heterocycles. The number of hydrogen-bond donors (Lipinski definition) is 0. The molecule has 0 amide bonds. The lowest BCUT2D eigenvalue weighted by atomic mass is 9.99. The van der Waals surface area contributed by atoms with E-state index in [9.17, 15) is 0 Å². The highest BCUT2D eigenvalue weighted by molar-refractivity contribution is 9.08. The second-order valence-electron chi connectivity index (χ2n) is 4.44. The molecule has 3 aromatic carbocycles. The minimum atomic E-state index is 0.906. The summed E-state index contributed by atoms with van der Waals surface area (Å²) in [6.45, 7) is 0. The third kappa shape index (κ3) is 2.08. The summed E-state index contributed by atoms with van der Waals surface area (Å²) >= 11 is 7.01.